The maximum absolute atomic E-state index is 4.55. The fourth-order valence-electron chi connectivity index (χ4n) is 4.33. The second-order valence-electron chi connectivity index (χ2n) is 6.64. The topological polar surface area (TPSA) is 28.2 Å². The van der Waals surface area contributed by atoms with E-state index >= 15 is 0 Å². The normalized spacial score (nSPS) is 23.7. The molecule has 0 amide bonds. The van der Waals surface area contributed by atoms with Gasteiger partial charge in [0.25, 0.3) is 0 Å². The SMILES string of the molecule is CCCNC(Cc1nccs1)C1(N2CCCC2)CCCC1. The van der Waals surface area contributed by atoms with Crippen LogP contribution in [0.15, 0.2) is 11.6 Å². The number of nitrogens with one attached hydrogen (secondary N) is 1. The van der Waals surface area contributed by atoms with E-state index < -0.39 is 0 Å². The Morgan fingerprint density at radius 1 is 1.29 bits per heavy atom. The first-order chi connectivity index (χ1) is 10.3. The van der Waals surface area contributed by atoms with Crippen LogP contribution >= 0.6 is 11.3 Å². The van der Waals surface area contributed by atoms with Crippen molar-refractivity contribution in [3.05, 3.63) is 16.6 Å². The van der Waals surface area contributed by atoms with E-state index in [1.807, 2.05) is 17.5 Å². The Labute approximate surface area is 133 Å². The van der Waals surface area contributed by atoms with Crippen molar-refractivity contribution in [3.63, 3.8) is 0 Å². The molecule has 0 aromatic carbocycles. The fourth-order valence-corrected chi connectivity index (χ4v) is 5.00. The highest BCUT2D eigenvalue weighted by molar-refractivity contribution is 7.09. The third kappa shape index (κ3) is 3.33. The molecule has 2 heterocycles. The van der Waals surface area contributed by atoms with Gasteiger partial charge in [-0.15, -0.1) is 11.3 Å². The number of nitrogens with zero attached hydrogens (tertiary/aromatic N) is 2. The summed E-state index contributed by atoms with van der Waals surface area (Å²) in [4.78, 5) is 7.37. The maximum atomic E-state index is 4.55. The van der Waals surface area contributed by atoms with Gasteiger partial charge in [-0.2, -0.15) is 0 Å². The largest absolute Gasteiger partial charge is 0.312 e. The van der Waals surface area contributed by atoms with Crippen molar-refractivity contribution < 1.29 is 0 Å². The highest BCUT2D eigenvalue weighted by Gasteiger charge is 2.46. The van der Waals surface area contributed by atoms with Crippen molar-refractivity contribution in [2.45, 2.75) is 69.9 Å². The molecular weight excluding hydrogens is 278 g/mol. The monoisotopic (exact) mass is 307 g/mol. The highest BCUT2D eigenvalue weighted by Crippen LogP contribution is 2.41. The van der Waals surface area contributed by atoms with Gasteiger partial charge in [0.15, 0.2) is 0 Å². The Morgan fingerprint density at radius 3 is 2.67 bits per heavy atom. The Kier molecular flexibility index (Phi) is 5.30. The summed E-state index contributed by atoms with van der Waals surface area (Å²) in [6, 6.07) is 0.573. The fraction of sp³-hybridized carbons (Fsp3) is 0.824. The molecule has 0 bridgehead atoms. The molecule has 1 saturated heterocycles. The lowest BCUT2D eigenvalue weighted by atomic mass is 9.84. The van der Waals surface area contributed by atoms with Crippen molar-refractivity contribution in [2.75, 3.05) is 19.6 Å². The third-order valence-corrected chi connectivity index (χ3v) is 6.16. The van der Waals surface area contributed by atoms with Crippen LogP contribution in [0.5, 0.6) is 0 Å². The quantitative estimate of drug-likeness (QED) is 0.836. The van der Waals surface area contributed by atoms with Crippen LogP contribution in [-0.2, 0) is 6.42 Å². The molecule has 1 aromatic heterocycles. The average Bonchev–Trinajstić information content (AvgIpc) is 3.25. The minimum absolute atomic E-state index is 0.400. The standard InChI is InChI=1S/C17H29N3S/c1-2-9-18-15(14-16-19-10-13-21-16)17(7-3-4-8-17)20-11-5-6-12-20/h10,13,15,18H,2-9,11-12,14H2,1H3. The Bertz CT molecular complexity index is 406. The van der Waals surface area contributed by atoms with Crippen molar-refractivity contribution >= 4 is 11.3 Å². The van der Waals surface area contributed by atoms with E-state index in [0.29, 0.717) is 11.6 Å². The molecule has 0 radical (unpaired) electrons. The molecule has 3 nitrogen and oxygen atoms in total. The third-order valence-electron chi connectivity index (χ3n) is 5.36. The van der Waals surface area contributed by atoms with Gasteiger partial charge >= 0.3 is 0 Å². The van der Waals surface area contributed by atoms with Crippen LogP contribution < -0.4 is 5.32 Å². The summed E-state index contributed by atoms with van der Waals surface area (Å²) in [7, 11) is 0. The van der Waals surface area contributed by atoms with Gasteiger partial charge in [0.1, 0.15) is 0 Å². The molecule has 1 atom stereocenters. The molecule has 2 fully saturated rings. The van der Waals surface area contributed by atoms with Crippen LogP contribution in [-0.4, -0.2) is 41.1 Å². The van der Waals surface area contributed by atoms with E-state index in [9.17, 15) is 0 Å². The van der Waals surface area contributed by atoms with E-state index in [4.69, 9.17) is 0 Å². The van der Waals surface area contributed by atoms with Crippen LogP contribution in [0, 0.1) is 0 Å². The summed E-state index contributed by atoms with van der Waals surface area (Å²) in [5, 5.41) is 7.31. The predicted molar refractivity (Wildman–Crippen MR) is 89.9 cm³/mol. The zero-order valence-electron chi connectivity index (χ0n) is 13.3. The zero-order valence-corrected chi connectivity index (χ0v) is 14.1. The average molecular weight is 308 g/mol. The molecule has 2 aliphatic rings. The van der Waals surface area contributed by atoms with Gasteiger partial charge in [0.2, 0.25) is 0 Å². The van der Waals surface area contributed by atoms with E-state index in [1.54, 1.807) is 0 Å². The Morgan fingerprint density at radius 2 is 2.05 bits per heavy atom. The lowest BCUT2D eigenvalue weighted by Gasteiger charge is -2.45. The number of hydrogen-bond donors (Lipinski definition) is 1. The molecular formula is C17H29N3S. The van der Waals surface area contributed by atoms with Gasteiger partial charge in [-0.1, -0.05) is 19.8 Å². The van der Waals surface area contributed by atoms with Crippen LogP contribution in [0.3, 0.4) is 0 Å². The number of likely N-dealkylation sites (tertiary alicyclic amines) is 1. The van der Waals surface area contributed by atoms with Gasteiger partial charge in [-0.05, 0) is 51.7 Å². The lowest BCUT2D eigenvalue weighted by Crippen LogP contribution is -2.60. The number of hydrogen-bond acceptors (Lipinski definition) is 4. The smallest absolute Gasteiger partial charge is 0.0941 e. The van der Waals surface area contributed by atoms with Gasteiger partial charge in [-0.3, -0.25) is 4.90 Å². The van der Waals surface area contributed by atoms with Crippen LogP contribution in [0.25, 0.3) is 0 Å². The minimum atomic E-state index is 0.400. The Hall–Kier alpha value is -0.450. The molecule has 3 rings (SSSR count). The summed E-state index contributed by atoms with van der Waals surface area (Å²) < 4.78 is 0. The van der Waals surface area contributed by atoms with E-state index in [2.05, 4.69) is 27.5 Å². The summed E-state index contributed by atoms with van der Waals surface area (Å²) in [6.45, 7) is 6.01. The molecule has 0 spiro atoms. The molecule has 21 heavy (non-hydrogen) atoms. The number of aromatic nitrogens is 1. The van der Waals surface area contributed by atoms with Crippen LogP contribution in [0.4, 0.5) is 0 Å². The molecule has 118 valence electrons. The highest BCUT2D eigenvalue weighted by atomic mass is 32.1. The first-order valence-corrected chi connectivity index (χ1v) is 9.60. The van der Waals surface area contributed by atoms with E-state index in [-0.39, 0.29) is 0 Å². The lowest BCUT2D eigenvalue weighted by molar-refractivity contribution is 0.0765. The summed E-state index contributed by atoms with van der Waals surface area (Å²) in [6.07, 6.45) is 12.6. The molecule has 1 aromatic rings. The predicted octanol–water partition coefficient (Wildman–Crippen LogP) is 3.46. The molecule has 4 heteroatoms. The molecule has 1 aliphatic carbocycles. The first kappa shape index (κ1) is 15.4. The second kappa shape index (κ2) is 7.21. The van der Waals surface area contributed by atoms with Crippen molar-refractivity contribution in [1.29, 1.82) is 0 Å². The van der Waals surface area contributed by atoms with Gasteiger partial charge in [-0.25, -0.2) is 4.98 Å². The first-order valence-electron chi connectivity index (χ1n) is 8.72. The van der Waals surface area contributed by atoms with Gasteiger partial charge < -0.3 is 5.32 Å². The maximum Gasteiger partial charge on any atom is 0.0941 e. The van der Waals surface area contributed by atoms with Crippen molar-refractivity contribution in [3.8, 4) is 0 Å². The second-order valence-corrected chi connectivity index (χ2v) is 7.62. The summed E-state index contributed by atoms with van der Waals surface area (Å²) in [5.41, 5.74) is 0.400. The number of rotatable bonds is 7. The molecule has 1 unspecified atom stereocenters. The summed E-state index contributed by atoms with van der Waals surface area (Å²) in [5.74, 6) is 0. The van der Waals surface area contributed by atoms with Crippen molar-refractivity contribution in [2.24, 2.45) is 0 Å². The van der Waals surface area contributed by atoms with Crippen LogP contribution in [0.2, 0.25) is 0 Å². The minimum Gasteiger partial charge on any atom is -0.312 e. The zero-order chi connectivity index (χ0) is 14.5. The van der Waals surface area contributed by atoms with Gasteiger partial charge in [0.05, 0.1) is 5.01 Å². The van der Waals surface area contributed by atoms with Crippen LogP contribution in [0.1, 0.15) is 56.9 Å². The Balaban J connectivity index is 1.80. The van der Waals surface area contributed by atoms with E-state index in [1.165, 1.54) is 63.0 Å². The number of thiazole rings is 1. The summed E-state index contributed by atoms with van der Waals surface area (Å²) >= 11 is 1.82. The molecule has 1 saturated carbocycles. The van der Waals surface area contributed by atoms with E-state index in [0.717, 1.165) is 13.0 Å². The van der Waals surface area contributed by atoms with Crippen molar-refractivity contribution in [1.82, 2.24) is 15.2 Å². The molecule has 1 aliphatic heterocycles. The molecule has 1 N–H and O–H groups in total. The van der Waals surface area contributed by atoms with Gasteiger partial charge in [0, 0.05) is 29.6 Å².